The van der Waals surface area contributed by atoms with E-state index in [0.717, 1.165) is 30.3 Å². The Kier molecular flexibility index (Phi) is 5.10. The predicted molar refractivity (Wildman–Crippen MR) is 72.1 cm³/mol. The highest BCUT2D eigenvalue weighted by Crippen LogP contribution is 2.19. The van der Waals surface area contributed by atoms with Gasteiger partial charge in [0.25, 0.3) is 0 Å². The SMILES string of the molecule is C=CCN(CC)c1cnc(C(C)C)nc1CN. The van der Waals surface area contributed by atoms with Gasteiger partial charge in [0.1, 0.15) is 5.82 Å². The molecule has 0 spiro atoms. The van der Waals surface area contributed by atoms with Crippen LogP contribution >= 0.6 is 0 Å². The van der Waals surface area contributed by atoms with Crippen LogP contribution < -0.4 is 10.6 Å². The van der Waals surface area contributed by atoms with Gasteiger partial charge in [-0.1, -0.05) is 19.9 Å². The van der Waals surface area contributed by atoms with Crippen LogP contribution in [-0.4, -0.2) is 23.1 Å². The molecule has 0 aliphatic rings. The minimum Gasteiger partial charge on any atom is -0.365 e. The molecule has 0 fully saturated rings. The number of nitrogens with two attached hydrogens (primary N) is 1. The van der Waals surface area contributed by atoms with Crippen LogP contribution in [0.3, 0.4) is 0 Å². The van der Waals surface area contributed by atoms with Gasteiger partial charge in [-0.05, 0) is 6.92 Å². The summed E-state index contributed by atoms with van der Waals surface area (Å²) in [6.45, 7) is 12.1. The summed E-state index contributed by atoms with van der Waals surface area (Å²) in [6, 6.07) is 0. The van der Waals surface area contributed by atoms with Crippen molar-refractivity contribution in [3.8, 4) is 0 Å². The van der Waals surface area contributed by atoms with Gasteiger partial charge < -0.3 is 10.6 Å². The maximum Gasteiger partial charge on any atom is 0.131 e. The van der Waals surface area contributed by atoms with Crippen LogP contribution in [0.15, 0.2) is 18.9 Å². The molecule has 0 amide bonds. The first-order valence-corrected chi connectivity index (χ1v) is 6.05. The Morgan fingerprint density at radius 1 is 1.53 bits per heavy atom. The van der Waals surface area contributed by atoms with E-state index in [1.54, 1.807) is 0 Å². The lowest BCUT2D eigenvalue weighted by Gasteiger charge is -2.23. The number of hydrogen-bond donors (Lipinski definition) is 1. The molecule has 94 valence electrons. The molecule has 2 N–H and O–H groups in total. The zero-order valence-corrected chi connectivity index (χ0v) is 11.0. The van der Waals surface area contributed by atoms with E-state index in [0.29, 0.717) is 12.5 Å². The predicted octanol–water partition coefficient (Wildman–Crippen LogP) is 2.07. The second-order valence-corrected chi connectivity index (χ2v) is 4.25. The lowest BCUT2D eigenvalue weighted by atomic mass is 10.2. The first-order valence-electron chi connectivity index (χ1n) is 6.05. The third-order valence-electron chi connectivity index (χ3n) is 2.65. The van der Waals surface area contributed by atoms with Gasteiger partial charge in [0.15, 0.2) is 0 Å². The third-order valence-corrected chi connectivity index (χ3v) is 2.65. The van der Waals surface area contributed by atoms with Crippen LogP contribution in [0.2, 0.25) is 0 Å². The normalized spacial score (nSPS) is 10.6. The van der Waals surface area contributed by atoms with Crippen molar-refractivity contribution in [3.05, 3.63) is 30.4 Å². The summed E-state index contributed by atoms with van der Waals surface area (Å²) in [5.74, 6) is 1.17. The Hall–Kier alpha value is -1.42. The summed E-state index contributed by atoms with van der Waals surface area (Å²) >= 11 is 0. The van der Waals surface area contributed by atoms with Crippen molar-refractivity contribution in [3.63, 3.8) is 0 Å². The van der Waals surface area contributed by atoms with Crippen molar-refractivity contribution in [2.75, 3.05) is 18.0 Å². The summed E-state index contributed by atoms with van der Waals surface area (Å²) in [7, 11) is 0. The van der Waals surface area contributed by atoms with Gasteiger partial charge in [-0.3, -0.25) is 0 Å². The number of aromatic nitrogens is 2. The Morgan fingerprint density at radius 2 is 2.24 bits per heavy atom. The van der Waals surface area contributed by atoms with Crippen molar-refractivity contribution in [2.24, 2.45) is 5.73 Å². The first kappa shape index (κ1) is 13.6. The minimum absolute atomic E-state index is 0.323. The Balaban J connectivity index is 3.10. The molecule has 0 bridgehead atoms. The average molecular weight is 234 g/mol. The molecule has 0 aromatic carbocycles. The van der Waals surface area contributed by atoms with Crippen LogP contribution in [0.1, 0.15) is 38.2 Å². The maximum atomic E-state index is 5.77. The minimum atomic E-state index is 0.323. The molecule has 1 aromatic heterocycles. The maximum absolute atomic E-state index is 5.77. The zero-order valence-electron chi connectivity index (χ0n) is 11.0. The standard InChI is InChI=1S/C13H22N4/c1-5-7-17(6-2)12-9-15-13(10(3)4)16-11(12)8-14/h5,9-10H,1,6-8,14H2,2-4H3. The Bertz CT molecular complexity index is 374. The number of nitrogens with zero attached hydrogens (tertiary/aromatic N) is 3. The number of hydrogen-bond acceptors (Lipinski definition) is 4. The van der Waals surface area contributed by atoms with Gasteiger partial charge in [-0.25, -0.2) is 9.97 Å². The van der Waals surface area contributed by atoms with Crippen molar-refractivity contribution < 1.29 is 0 Å². The van der Waals surface area contributed by atoms with Crippen molar-refractivity contribution in [2.45, 2.75) is 33.2 Å². The van der Waals surface area contributed by atoms with Crippen LogP contribution in [0.4, 0.5) is 5.69 Å². The molecule has 0 aliphatic carbocycles. The van der Waals surface area contributed by atoms with Crippen molar-refractivity contribution in [1.29, 1.82) is 0 Å². The highest BCUT2D eigenvalue weighted by molar-refractivity contribution is 5.49. The van der Waals surface area contributed by atoms with Gasteiger partial charge in [-0.15, -0.1) is 6.58 Å². The lowest BCUT2D eigenvalue weighted by Crippen LogP contribution is -2.25. The molecule has 0 aliphatic heterocycles. The molecular formula is C13H22N4. The fourth-order valence-electron chi connectivity index (χ4n) is 1.67. The van der Waals surface area contributed by atoms with Crippen LogP contribution in [0, 0.1) is 0 Å². The highest BCUT2D eigenvalue weighted by Gasteiger charge is 2.12. The second kappa shape index (κ2) is 6.35. The molecular weight excluding hydrogens is 212 g/mol. The number of likely N-dealkylation sites (N-methyl/N-ethyl adjacent to an activating group) is 1. The van der Waals surface area contributed by atoms with Crippen LogP contribution in [0.25, 0.3) is 0 Å². The van der Waals surface area contributed by atoms with Crippen LogP contribution in [0.5, 0.6) is 0 Å². The van der Waals surface area contributed by atoms with E-state index in [1.165, 1.54) is 0 Å². The molecule has 1 rings (SSSR count). The van der Waals surface area contributed by atoms with E-state index in [4.69, 9.17) is 5.73 Å². The van der Waals surface area contributed by atoms with Gasteiger partial charge in [0.2, 0.25) is 0 Å². The Labute approximate surface area is 104 Å². The molecule has 17 heavy (non-hydrogen) atoms. The summed E-state index contributed by atoms with van der Waals surface area (Å²) in [5, 5.41) is 0. The van der Waals surface area contributed by atoms with Gasteiger partial charge in [0, 0.05) is 25.6 Å². The van der Waals surface area contributed by atoms with Gasteiger partial charge >= 0.3 is 0 Å². The van der Waals surface area contributed by atoms with E-state index in [1.807, 2.05) is 12.3 Å². The van der Waals surface area contributed by atoms with E-state index in [-0.39, 0.29) is 0 Å². The highest BCUT2D eigenvalue weighted by atomic mass is 15.1. The number of rotatable bonds is 6. The molecule has 1 heterocycles. The van der Waals surface area contributed by atoms with Crippen molar-refractivity contribution >= 4 is 5.69 Å². The molecule has 0 unspecified atom stereocenters. The summed E-state index contributed by atoms with van der Waals surface area (Å²) in [5.41, 5.74) is 7.69. The van der Waals surface area contributed by atoms with E-state index >= 15 is 0 Å². The van der Waals surface area contributed by atoms with E-state index < -0.39 is 0 Å². The molecule has 4 heteroatoms. The van der Waals surface area contributed by atoms with Crippen molar-refractivity contribution in [1.82, 2.24) is 9.97 Å². The molecule has 0 radical (unpaired) electrons. The third kappa shape index (κ3) is 3.27. The Morgan fingerprint density at radius 3 is 2.71 bits per heavy atom. The fraction of sp³-hybridized carbons (Fsp3) is 0.538. The zero-order chi connectivity index (χ0) is 12.8. The van der Waals surface area contributed by atoms with Gasteiger partial charge in [-0.2, -0.15) is 0 Å². The molecule has 0 atom stereocenters. The quantitative estimate of drug-likeness (QED) is 0.766. The monoisotopic (exact) mass is 234 g/mol. The molecule has 0 saturated heterocycles. The summed E-state index contributed by atoms with van der Waals surface area (Å²) in [4.78, 5) is 11.1. The van der Waals surface area contributed by atoms with Crippen LogP contribution in [-0.2, 0) is 6.54 Å². The summed E-state index contributed by atoms with van der Waals surface area (Å²) in [6.07, 6.45) is 3.75. The lowest BCUT2D eigenvalue weighted by molar-refractivity contribution is 0.747. The first-order chi connectivity index (χ1) is 8.13. The number of anilines is 1. The molecule has 4 nitrogen and oxygen atoms in total. The average Bonchev–Trinajstić information content (AvgIpc) is 2.35. The van der Waals surface area contributed by atoms with E-state index in [9.17, 15) is 0 Å². The topological polar surface area (TPSA) is 55.0 Å². The van der Waals surface area contributed by atoms with Gasteiger partial charge in [0.05, 0.1) is 17.6 Å². The summed E-state index contributed by atoms with van der Waals surface area (Å²) < 4.78 is 0. The fourth-order valence-corrected chi connectivity index (χ4v) is 1.67. The molecule has 1 aromatic rings. The largest absolute Gasteiger partial charge is 0.365 e. The molecule has 0 saturated carbocycles. The second-order valence-electron chi connectivity index (χ2n) is 4.25. The van der Waals surface area contributed by atoms with E-state index in [2.05, 4.69) is 42.2 Å². The smallest absolute Gasteiger partial charge is 0.131 e.